The SMILES string of the molecule is CC1CCN(C(=O)c2cccnc2)CCN1. The third-order valence-electron chi connectivity index (χ3n) is 2.90. The molecular weight excluding hydrogens is 202 g/mol. The van der Waals surface area contributed by atoms with Crippen molar-refractivity contribution < 1.29 is 4.79 Å². The van der Waals surface area contributed by atoms with Crippen LogP contribution in [0.3, 0.4) is 0 Å². The lowest BCUT2D eigenvalue weighted by molar-refractivity contribution is 0.0765. The van der Waals surface area contributed by atoms with E-state index in [0.29, 0.717) is 11.6 Å². The first-order valence-electron chi connectivity index (χ1n) is 5.70. The first-order chi connectivity index (χ1) is 7.77. The lowest BCUT2D eigenvalue weighted by Crippen LogP contribution is -2.34. The third kappa shape index (κ3) is 2.58. The van der Waals surface area contributed by atoms with Crippen molar-refractivity contribution in [2.24, 2.45) is 0 Å². The molecule has 1 aliphatic rings. The van der Waals surface area contributed by atoms with Crippen LogP contribution in [0.4, 0.5) is 0 Å². The molecule has 0 bridgehead atoms. The number of hydrogen-bond donors (Lipinski definition) is 1. The summed E-state index contributed by atoms with van der Waals surface area (Å²) in [5, 5.41) is 3.37. The molecule has 1 amide bonds. The average Bonchev–Trinajstić information content (AvgIpc) is 2.54. The Kier molecular flexibility index (Phi) is 3.51. The van der Waals surface area contributed by atoms with Crippen LogP contribution in [0.5, 0.6) is 0 Å². The molecule has 1 unspecified atom stereocenters. The van der Waals surface area contributed by atoms with Gasteiger partial charge in [0.1, 0.15) is 0 Å². The lowest BCUT2D eigenvalue weighted by Gasteiger charge is -2.19. The zero-order valence-corrected chi connectivity index (χ0v) is 9.52. The van der Waals surface area contributed by atoms with Gasteiger partial charge in [-0.3, -0.25) is 9.78 Å². The Balaban J connectivity index is 2.04. The minimum Gasteiger partial charge on any atom is -0.337 e. The molecule has 1 aliphatic heterocycles. The Morgan fingerprint density at radius 1 is 1.56 bits per heavy atom. The molecular formula is C12H17N3O. The van der Waals surface area contributed by atoms with Gasteiger partial charge >= 0.3 is 0 Å². The molecule has 1 aromatic rings. The number of carbonyl (C=O) groups is 1. The van der Waals surface area contributed by atoms with Crippen LogP contribution in [0, 0.1) is 0 Å². The van der Waals surface area contributed by atoms with Crippen molar-refractivity contribution in [3.8, 4) is 0 Å². The molecule has 86 valence electrons. The van der Waals surface area contributed by atoms with Gasteiger partial charge in [0.2, 0.25) is 0 Å². The summed E-state index contributed by atoms with van der Waals surface area (Å²) in [6.45, 7) is 4.62. The zero-order chi connectivity index (χ0) is 11.4. The highest BCUT2D eigenvalue weighted by Crippen LogP contribution is 2.07. The van der Waals surface area contributed by atoms with Gasteiger partial charge in [-0.05, 0) is 25.5 Å². The molecule has 16 heavy (non-hydrogen) atoms. The first-order valence-corrected chi connectivity index (χ1v) is 5.70. The Bertz CT molecular complexity index is 353. The predicted molar refractivity (Wildman–Crippen MR) is 62.2 cm³/mol. The van der Waals surface area contributed by atoms with Crippen LogP contribution in [0.25, 0.3) is 0 Å². The van der Waals surface area contributed by atoms with Crippen LogP contribution in [0.2, 0.25) is 0 Å². The summed E-state index contributed by atoms with van der Waals surface area (Å²) < 4.78 is 0. The quantitative estimate of drug-likeness (QED) is 0.763. The maximum Gasteiger partial charge on any atom is 0.255 e. The molecule has 0 saturated carbocycles. The van der Waals surface area contributed by atoms with Gasteiger partial charge in [-0.2, -0.15) is 0 Å². The van der Waals surface area contributed by atoms with Gasteiger partial charge in [-0.1, -0.05) is 0 Å². The van der Waals surface area contributed by atoms with Gasteiger partial charge in [-0.25, -0.2) is 0 Å². The molecule has 0 radical (unpaired) electrons. The van der Waals surface area contributed by atoms with Crippen LogP contribution in [-0.4, -0.2) is 41.5 Å². The monoisotopic (exact) mass is 219 g/mol. The molecule has 0 aliphatic carbocycles. The number of carbonyl (C=O) groups excluding carboxylic acids is 1. The Hall–Kier alpha value is -1.42. The summed E-state index contributed by atoms with van der Waals surface area (Å²) in [6.07, 6.45) is 4.32. The van der Waals surface area contributed by atoms with E-state index in [-0.39, 0.29) is 5.91 Å². The Morgan fingerprint density at radius 3 is 3.19 bits per heavy atom. The number of rotatable bonds is 1. The fourth-order valence-corrected chi connectivity index (χ4v) is 1.88. The summed E-state index contributed by atoms with van der Waals surface area (Å²) >= 11 is 0. The molecule has 1 fully saturated rings. The van der Waals surface area contributed by atoms with Crippen LogP contribution in [0.15, 0.2) is 24.5 Å². The molecule has 1 N–H and O–H groups in total. The van der Waals surface area contributed by atoms with E-state index in [1.165, 1.54) is 0 Å². The van der Waals surface area contributed by atoms with Crippen molar-refractivity contribution in [2.75, 3.05) is 19.6 Å². The van der Waals surface area contributed by atoms with Gasteiger partial charge < -0.3 is 10.2 Å². The van der Waals surface area contributed by atoms with Gasteiger partial charge in [0.05, 0.1) is 5.56 Å². The van der Waals surface area contributed by atoms with Crippen molar-refractivity contribution in [1.82, 2.24) is 15.2 Å². The third-order valence-corrected chi connectivity index (χ3v) is 2.90. The molecule has 0 aromatic carbocycles. The molecule has 0 spiro atoms. The summed E-state index contributed by atoms with van der Waals surface area (Å²) in [7, 11) is 0. The first kappa shape index (κ1) is 11.1. The number of amides is 1. The van der Waals surface area contributed by atoms with E-state index < -0.39 is 0 Å². The van der Waals surface area contributed by atoms with Crippen molar-refractivity contribution in [3.63, 3.8) is 0 Å². The van der Waals surface area contributed by atoms with Crippen LogP contribution < -0.4 is 5.32 Å². The lowest BCUT2D eigenvalue weighted by atomic mass is 10.2. The minimum absolute atomic E-state index is 0.0870. The van der Waals surface area contributed by atoms with E-state index in [4.69, 9.17) is 0 Å². The summed E-state index contributed by atoms with van der Waals surface area (Å²) in [4.78, 5) is 18.0. The van der Waals surface area contributed by atoms with Crippen LogP contribution in [0.1, 0.15) is 23.7 Å². The normalized spacial score (nSPS) is 21.6. The number of nitrogens with zero attached hydrogens (tertiary/aromatic N) is 2. The van der Waals surface area contributed by atoms with E-state index >= 15 is 0 Å². The second-order valence-electron chi connectivity index (χ2n) is 4.18. The fraction of sp³-hybridized carbons (Fsp3) is 0.500. The second kappa shape index (κ2) is 5.07. The maximum atomic E-state index is 12.1. The predicted octanol–water partition coefficient (Wildman–Crippen LogP) is 0.906. The van der Waals surface area contributed by atoms with E-state index in [1.807, 2.05) is 11.0 Å². The van der Waals surface area contributed by atoms with E-state index in [2.05, 4.69) is 17.2 Å². The van der Waals surface area contributed by atoms with Gasteiger partial charge in [0, 0.05) is 38.1 Å². The van der Waals surface area contributed by atoms with E-state index in [0.717, 1.165) is 26.1 Å². The highest BCUT2D eigenvalue weighted by Gasteiger charge is 2.19. The van der Waals surface area contributed by atoms with Crippen LogP contribution >= 0.6 is 0 Å². The van der Waals surface area contributed by atoms with E-state index in [1.54, 1.807) is 18.5 Å². The average molecular weight is 219 g/mol. The van der Waals surface area contributed by atoms with E-state index in [9.17, 15) is 4.79 Å². The molecule has 1 atom stereocenters. The minimum atomic E-state index is 0.0870. The molecule has 2 heterocycles. The summed E-state index contributed by atoms with van der Waals surface area (Å²) in [5.41, 5.74) is 0.678. The zero-order valence-electron chi connectivity index (χ0n) is 9.52. The molecule has 4 nitrogen and oxygen atoms in total. The smallest absolute Gasteiger partial charge is 0.255 e. The largest absolute Gasteiger partial charge is 0.337 e. The van der Waals surface area contributed by atoms with Crippen LogP contribution in [-0.2, 0) is 0 Å². The standard InChI is InChI=1S/C12H17N3O/c1-10-4-7-15(8-6-14-10)12(16)11-3-2-5-13-9-11/h2-3,5,9-10,14H,4,6-8H2,1H3. The van der Waals surface area contributed by atoms with Gasteiger partial charge in [-0.15, -0.1) is 0 Å². The molecule has 4 heteroatoms. The number of aromatic nitrogens is 1. The van der Waals surface area contributed by atoms with Crippen molar-refractivity contribution >= 4 is 5.91 Å². The number of nitrogens with one attached hydrogen (secondary N) is 1. The fourth-order valence-electron chi connectivity index (χ4n) is 1.88. The summed E-state index contributed by atoms with van der Waals surface area (Å²) in [5.74, 6) is 0.0870. The van der Waals surface area contributed by atoms with Crippen molar-refractivity contribution in [2.45, 2.75) is 19.4 Å². The molecule has 2 rings (SSSR count). The number of hydrogen-bond acceptors (Lipinski definition) is 3. The van der Waals surface area contributed by atoms with Gasteiger partial charge in [0.15, 0.2) is 0 Å². The topological polar surface area (TPSA) is 45.2 Å². The Morgan fingerprint density at radius 2 is 2.44 bits per heavy atom. The summed E-state index contributed by atoms with van der Waals surface area (Å²) in [6, 6.07) is 4.11. The Labute approximate surface area is 95.7 Å². The van der Waals surface area contributed by atoms with Gasteiger partial charge in [0.25, 0.3) is 5.91 Å². The second-order valence-corrected chi connectivity index (χ2v) is 4.18. The highest BCUT2D eigenvalue weighted by atomic mass is 16.2. The van der Waals surface area contributed by atoms with Crippen molar-refractivity contribution in [3.05, 3.63) is 30.1 Å². The molecule has 1 aromatic heterocycles. The highest BCUT2D eigenvalue weighted by molar-refractivity contribution is 5.93. The number of pyridine rings is 1. The maximum absolute atomic E-state index is 12.1. The van der Waals surface area contributed by atoms with Crippen molar-refractivity contribution in [1.29, 1.82) is 0 Å². The molecule has 1 saturated heterocycles.